The molecule has 0 radical (unpaired) electrons. The lowest BCUT2D eigenvalue weighted by Crippen LogP contribution is -2.48. The Kier molecular flexibility index (Phi) is 6.22. The van der Waals surface area contributed by atoms with Crippen molar-refractivity contribution in [3.05, 3.63) is 48.2 Å². The number of hydrogen-bond donors (Lipinski definition) is 2. The Morgan fingerprint density at radius 3 is 2.59 bits per heavy atom. The first-order valence-electron chi connectivity index (χ1n) is 8.43. The molecule has 7 nitrogen and oxygen atoms in total. The van der Waals surface area contributed by atoms with Gasteiger partial charge in [-0.15, -0.1) is 0 Å². The molecule has 1 aromatic carbocycles. The lowest BCUT2D eigenvalue weighted by atomic mass is 9.87. The summed E-state index contributed by atoms with van der Waals surface area (Å²) in [5, 5.41) is 2.79. The fourth-order valence-electron chi connectivity index (χ4n) is 2.22. The van der Waals surface area contributed by atoms with Gasteiger partial charge in [-0.25, -0.2) is 13.4 Å². The fraction of sp³-hybridized carbons (Fsp3) is 0.368. The van der Waals surface area contributed by atoms with Gasteiger partial charge in [0.1, 0.15) is 5.75 Å². The van der Waals surface area contributed by atoms with Gasteiger partial charge in [-0.1, -0.05) is 32.9 Å². The fourth-order valence-corrected chi connectivity index (χ4v) is 2.87. The number of benzene rings is 1. The minimum Gasteiger partial charge on any atom is -0.439 e. The van der Waals surface area contributed by atoms with Crippen LogP contribution in [0.4, 0.5) is 0 Å². The topological polar surface area (TPSA) is 111 Å². The van der Waals surface area contributed by atoms with Crippen molar-refractivity contribution in [2.24, 2.45) is 11.1 Å². The van der Waals surface area contributed by atoms with E-state index in [0.717, 1.165) is 6.26 Å². The molecule has 0 saturated carbocycles. The summed E-state index contributed by atoms with van der Waals surface area (Å²) in [6, 6.07) is 9.01. The number of ether oxygens (including phenoxy) is 1. The molecular weight excluding hydrogens is 366 g/mol. The number of nitrogens with zero attached hydrogens (tertiary/aromatic N) is 1. The zero-order valence-electron chi connectivity index (χ0n) is 15.9. The van der Waals surface area contributed by atoms with Crippen LogP contribution in [0.25, 0.3) is 0 Å². The van der Waals surface area contributed by atoms with E-state index in [1.807, 2.05) is 20.8 Å². The predicted molar refractivity (Wildman–Crippen MR) is 103 cm³/mol. The van der Waals surface area contributed by atoms with Crippen LogP contribution in [0.5, 0.6) is 11.6 Å². The molecule has 2 aromatic rings. The summed E-state index contributed by atoms with van der Waals surface area (Å²) in [5.41, 5.74) is 6.25. The molecule has 2 rings (SSSR count). The van der Waals surface area contributed by atoms with Crippen molar-refractivity contribution in [2.45, 2.75) is 38.3 Å². The third-order valence-corrected chi connectivity index (χ3v) is 5.08. The van der Waals surface area contributed by atoms with Crippen LogP contribution in [-0.4, -0.2) is 31.6 Å². The molecule has 0 aliphatic heterocycles. The Morgan fingerprint density at radius 2 is 1.96 bits per heavy atom. The Bertz CT molecular complexity index is 921. The SMILES string of the molecule is CC(C)(C)[C@H](N)C(=O)NCc1cccnc1Oc1cccc(S(C)(=O)=O)c1. The highest BCUT2D eigenvalue weighted by atomic mass is 32.2. The smallest absolute Gasteiger partial charge is 0.237 e. The van der Waals surface area contributed by atoms with Crippen molar-refractivity contribution in [1.29, 1.82) is 0 Å². The Balaban J connectivity index is 2.16. The Labute approximate surface area is 159 Å². The summed E-state index contributed by atoms with van der Waals surface area (Å²) in [6.45, 7) is 5.87. The van der Waals surface area contributed by atoms with Gasteiger partial charge in [-0.3, -0.25) is 4.79 Å². The normalized spacial score (nSPS) is 13.1. The van der Waals surface area contributed by atoms with E-state index < -0.39 is 15.9 Å². The lowest BCUT2D eigenvalue weighted by Gasteiger charge is -2.25. The number of sulfone groups is 1. The number of rotatable bonds is 6. The summed E-state index contributed by atoms with van der Waals surface area (Å²) in [7, 11) is -3.34. The number of nitrogens with one attached hydrogen (secondary N) is 1. The van der Waals surface area contributed by atoms with E-state index in [1.54, 1.807) is 30.5 Å². The molecule has 0 spiro atoms. The van der Waals surface area contributed by atoms with Gasteiger partial charge >= 0.3 is 0 Å². The number of pyridine rings is 1. The lowest BCUT2D eigenvalue weighted by molar-refractivity contribution is -0.124. The van der Waals surface area contributed by atoms with Crippen molar-refractivity contribution in [2.75, 3.05) is 6.26 Å². The molecule has 1 atom stereocenters. The average molecular weight is 391 g/mol. The zero-order chi connectivity index (χ0) is 20.2. The second kappa shape index (κ2) is 8.06. The van der Waals surface area contributed by atoms with Gasteiger partial charge in [-0.2, -0.15) is 0 Å². The maximum Gasteiger partial charge on any atom is 0.237 e. The van der Waals surface area contributed by atoms with Crippen LogP contribution < -0.4 is 15.8 Å². The molecule has 0 saturated heterocycles. The molecule has 1 amide bonds. The number of carbonyl (C=O) groups is 1. The summed E-state index contributed by atoms with van der Waals surface area (Å²) >= 11 is 0. The molecular formula is C19H25N3O4S. The maximum absolute atomic E-state index is 12.2. The van der Waals surface area contributed by atoms with Crippen LogP contribution in [0.1, 0.15) is 26.3 Å². The second-order valence-electron chi connectivity index (χ2n) is 7.38. The summed E-state index contributed by atoms with van der Waals surface area (Å²) < 4.78 is 29.1. The quantitative estimate of drug-likeness (QED) is 0.781. The first-order valence-corrected chi connectivity index (χ1v) is 10.3. The zero-order valence-corrected chi connectivity index (χ0v) is 16.7. The van der Waals surface area contributed by atoms with Crippen molar-refractivity contribution in [3.8, 4) is 11.6 Å². The van der Waals surface area contributed by atoms with Crippen molar-refractivity contribution in [1.82, 2.24) is 10.3 Å². The molecule has 0 fully saturated rings. The number of carbonyl (C=O) groups excluding carboxylic acids is 1. The highest BCUT2D eigenvalue weighted by Gasteiger charge is 2.27. The highest BCUT2D eigenvalue weighted by molar-refractivity contribution is 7.90. The van der Waals surface area contributed by atoms with Crippen molar-refractivity contribution < 1.29 is 17.9 Å². The first-order chi connectivity index (χ1) is 12.5. The molecule has 27 heavy (non-hydrogen) atoms. The monoisotopic (exact) mass is 391 g/mol. The average Bonchev–Trinajstić information content (AvgIpc) is 2.59. The van der Waals surface area contributed by atoms with Crippen LogP contribution in [0.3, 0.4) is 0 Å². The largest absolute Gasteiger partial charge is 0.439 e. The highest BCUT2D eigenvalue weighted by Crippen LogP contribution is 2.25. The van der Waals surface area contributed by atoms with E-state index in [-0.39, 0.29) is 28.6 Å². The van der Waals surface area contributed by atoms with Crippen LogP contribution in [0.2, 0.25) is 0 Å². The van der Waals surface area contributed by atoms with E-state index in [1.165, 1.54) is 12.1 Å². The van der Waals surface area contributed by atoms with Crippen molar-refractivity contribution in [3.63, 3.8) is 0 Å². The minimum atomic E-state index is -3.34. The second-order valence-corrected chi connectivity index (χ2v) is 9.39. The minimum absolute atomic E-state index is 0.155. The van der Waals surface area contributed by atoms with E-state index in [9.17, 15) is 13.2 Å². The van der Waals surface area contributed by atoms with Crippen LogP contribution >= 0.6 is 0 Å². The molecule has 1 aromatic heterocycles. The number of hydrogen-bond acceptors (Lipinski definition) is 6. The van der Waals surface area contributed by atoms with Gasteiger partial charge in [-0.05, 0) is 29.7 Å². The summed E-state index contributed by atoms with van der Waals surface area (Å²) in [6.07, 6.45) is 2.69. The third-order valence-electron chi connectivity index (χ3n) is 3.97. The molecule has 1 heterocycles. The molecule has 146 valence electrons. The number of amides is 1. The molecule has 0 aliphatic carbocycles. The van der Waals surface area contributed by atoms with E-state index in [2.05, 4.69) is 10.3 Å². The van der Waals surface area contributed by atoms with E-state index in [0.29, 0.717) is 11.3 Å². The number of aromatic nitrogens is 1. The van der Waals surface area contributed by atoms with E-state index >= 15 is 0 Å². The molecule has 0 aliphatic rings. The van der Waals surface area contributed by atoms with Gasteiger partial charge < -0.3 is 15.8 Å². The maximum atomic E-state index is 12.2. The molecule has 3 N–H and O–H groups in total. The summed E-state index contributed by atoms with van der Waals surface area (Å²) in [4.78, 5) is 16.6. The van der Waals surface area contributed by atoms with Gasteiger partial charge in [0.15, 0.2) is 9.84 Å². The van der Waals surface area contributed by atoms with Crippen LogP contribution in [0, 0.1) is 5.41 Å². The molecule has 0 bridgehead atoms. The van der Waals surface area contributed by atoms with Crippen molar-refractivity contribution >= 4 is 15.7 Å². The molecule has 8 heteroatoms. The standard InChI is InChI=1S/C19H25N3O4S/c1-19(2,3)16(20)17(23)22-12-13-7-6-10-21-18(13)26-14-8-5-9-15(11-14)27(4,24)25/h5-11,16H,12,20H2,1-4H3,(H,22,23)/t16-/m1/s1. The van der Waals surface area contributed by atoms with Gasteiger partial charge in [0.25, 0.3) is 0 Å². The number of nitrogens with two attached hydrogens (primary N) is 1. The molecule has 0 unspecified atom stereocenters. The van der Waals surface area contributed by atoms with E-state index in [4.69, 9.17) is 10.5 Å². The Morgan fingerprint density at radius 1 is 1.26 bits per heavy atom. The van der Waals surface area contributed by atoms with Gasteiger partial charge in [0, 0.05) is 24.6 Å². The van der Waals surface area contributed by atoms with Crippen LogP contribution in [-0.2, 0) is 21.2 Å². The Hall–Kier alpha value is -2.45. The predicted octanol–water partition coefficient (Wildman–Crippen LogP) is 2.27. The first kappa shape index (κ1) is 20.9. The summed E-state index contributed by atoms with van der Waals surface area (Å²) in [5.74, 6) is 0.361. The third kappa shape index (κ3) is 5.77. The van der Waals surface area contributed by atoms with Gasteiger partial charge in [0.2, 0.25) is 11.8 Å². The van der Waals surface area contributed by atoms with Gasteiger partial charge in [0.05, 0.1) is 10.9 Å². The van der Waals surface area contributed by atoms with Crippen LogP contribution in [0.15, 0.2) is 47.5 Å².